The van der Waals surface area contributed by atoms with E-state index in [2.05, 4.69) is 48.7 Å². The predicted octanol–water partition coefficient (Wildman–Crippen LogP) is 3.81. The number of rotatable bonds is 1. The van der Waals surface area contributed by atoms with Crippen LogP contribution in [-0.2, 0) is 0 Å². The smallest absolute Gasteiger partial charge is 0.0109 e. The van der Waals surface area contributed by atoms with E-state index in [1.165, 1.54) is 16.7 Å². The van der Waals surface area contributed by atoms with E-state index in [0.717, 1.165) is 0 Å². The van der Waals surface area contributed by atoms with Crippen molar-refractivity contribution in [2.75, 3.05) is 0 Å². The van der Waals surface area contributed by atoms with E-state index in [-0.39, 0.29) is 0 Å². The Kier molecular flexibility index (Phi) is 2.85. The molecule has 72 valence electrons. The molecule has 2 rings (SSSR count). The van der Waals surface area contributed by atoms with Gasteiger partial charge in [-0.1, -0.05) is 53.4 Å². The maximum Gasteiger partial charge on any atom is -0.0109 e. The molecule has 0 spiro atoms. The lowest BCUT2D eigenvalue weighted by Gasteiger charge is -2.02. The quantitative estimate of drug-likeness (QED) is 0.593. The van der Waals surface area contributed by atoms with E-state index in [0.29, 0.717) is 0 Å². The van der Waals surface area contributed by atoms with Crippen LogP contribution in [0, 0.1) is 6.92 Å². The normalized spacial score (nSPS) is 13.5. The van der Waals surface area contributed by atoms with Gasteiger partial charge in [0.05, 0.1) is 0 Å². The summed E-state index contributed by atoms with van der Waals surface area (Å²) in [5.41, 5.74) is 9.55. The lowest BCUT2D eigenvalue weighted by molar-refractivity contribution is 1.45. The zero-order valence-electron chi connectivity index (χ0n) is 8.70. The van der Waals surface area contributed by atoms with Crippen LogP contribution in [0.25, 0.3) is 5.57 Å². The van der Waals surface area contributed by atoms with Gasteiger partial charge in [0.25, 0.3) is 0 Å². The monoisotopic (exact) mass is 192 g/mol. The molecule has 0 heterocycles. The van der Waals surface area contributed by atoms with Crippen LogP contribution < -0.4 is 0 Å². The molecular formula is C15H12. The Morgan fingerprint density at radius 2 is 1.67 bits per heavy atom. The fourth-order valence-corrected chi connectivity index (χ4v) is 1.42. The van der Waals surface area contributed by atoms with Crippen molar-refractivity contribution in [1.29, 1.82) is 0 Å². The zero-order valence-corrected chi connectivity index (χ0v) is 8.70. The average molecular weight is 192 g/mol. The van der Waals surface area contributed by atoms with Crippen molar-refractivity contribution in [3.63, 3.8) is 0 Å². The number of aryl methyl sites for hydroxylation is 1. The minimum absolute atomic E-state index is 1.19. The van der Waals surface area contributed by atoms with Crippen molar-refractivity contribution < 1.29 is 0 Å². The Morgan fingerprint density at radius 1 is 0.933 bits per heavy atom. The minimum atomic E-state index is 1.19. The topological polar surface area (TPSA) is 0 Å². The first-order chi connectivity index (χ1) is 7.36. The summed E-state index contributed by atoms with van der Waals surface area (Å²) in [5.74, 6) is 0. The fraction of sp³-hybridized carbons (Fsp3) is 0.0667. The summed E-state index contributed by atoms with van der Waals surface area (Å²) in [4.78, 5) is 0. The molecule has 0 saturated carbocycles. The molecule has 0 nitrogen and oxygen atoms in total. The maximum absolute atomic E-state index is 2.94. The highest BCUT2D eigenvalue weighted by molar-refractivity contribution is 5.75. The van der Waals surface area contributed by atoms with E-state index in [9.17, 15) is 0 Å². The van der Waals surface area contributed by atoms with Crippen LogP contribution in [0.5, 0.6) is 0 Å². The van der Waals surface area contributed by atoms with Crippen LogP contribution in [0.3, 0.4) is 0 Å². The summed E-state index contributed by atoms with van der Waals surface area (Å²) in [5, 5.41) is 0. The zero-order chi connectivity index (χ0) is 10.5. The lowest BCUT2D eigenvalue weighted by atomic mass is 10.0. The Hall–Kier alpha value is -2.00. The van der Waals surface area contributed by atoms with E-state index in [1.807, 2.05) is 24.3 Å². The molecule has 0 radical (unpaired) electrons. The molecule has 1 aromatic carbocycles. The highest BCUT2D eigenvalue weighted by Crippen LogP contribution is 2.17. The van der Waals surface area contributed by atoms with Crippen molar-refractivity contribution >= 4 is 5.57 Å². The molecule has 0 bridgehead atoms. The predicted molar refractivity (Wildman–Crippen MR) is 64.5 cm³/mol. The molecule has 0 fully saturated rings. The van der Waals surface area contributed by atoms with E-state index < -0.39 is 0 Å². The summed E-state index contributed by atoms with van der Waals surface area (Å²) in [6, 6.07) is 8.51. The molecule has 0 aromatic heterocycles. The number of allylic oxidation sites excluding steroid dienone is 6. The third kappa shape index (κ3) is 2.48. The minimum Gasteiger partial charge on any atom is -0.0702 e. The second-order valence-corrected chi connectivity index (χ2v) is 3.47. The van der Waals surface area contributed by atoms with Gasteiger partial charge in [0, 0.05) is 0 Å². The number of hydrogen-bond donors (Lipinski definition) is 0. The molecule has 1 aromatic rings. The van der Waals surface area contributed by atoms with Crippen molar-refractivity contribution in [3.8, 4) is 0 Å². The Bertz CT molecular complexity index is 497. The van der Waals surface area contributed by atoms with Crippen LogP contribution in [-0.4, -0.2) is 0 Å². The third-order valence-electron chi connectivity index (χ3n) is 2.27. The van der Waals surface area contributed by atoms with Gasteiger partial charge in [-0.15, -0.1) is 0 Å². The van der Waals surface area contributed by atoms with Crippen LogP contribution in [0.15, 0.2) is 66.1 Å². The fourth-order valence-electron chi connectivity index (χ4n) is 1.42. The van der Waals surface area contributed by atoms with Gasteiger partial charge < -0.3 is 0 Å². The third-order valence-corrected chi connectivity index (χ3v) is 2.27. The Balaban J connectivity index is 2.40. The molecule has 0 aliphatic heterocycles. The number of benzene rings is 1. The average Bonchev–Trinajstić information content (AvgIpc) is 2.19. The van der Waals surface area contributed by atoms with Gasteiger partial charge in [0.2, 0.25) is 0 Å². The van der Waals surface area contributed by atoms with Gasteiger partial charge in [-0.3, -0.25) is 0 Å². The Labute approximate surface area is 90.3 Å². The van der Waals surface area contributed by atoms with Crippen molar-refractivity contribution in [2.24, 2.45) is 0 Å². The second-order valence-electron chi connectivity index (χ2n) is 3.47. The SMILES string of the molecule is Cc1ccc(C2=CC=C=C=CC=C2)cc1. The maximum atomic E-state index is 2.94. The van der Waals surface area contributed by atoms with E-state index >= 15 is 0 Å². The summed E-state index contributed by atoms with van der Waals surface area (Å²) in [6.07, 6.45) is 9.84. The van der Waals surface area contributed by atoms with Crippen molar-refractivity contribution in [3.05, 3.63) is 77.2 Å². The molecule has 15 heavy (non-hydrogen) atoms. The first kappa shape index (κ1) is 9.55. The molecule has 0 N–H and O–H groups in total. The summed E-state index contributed by atoms with van der Waals surface area (Å²) < 4.78 is 0. The van der Waals surface area contributed by atoms with Gasteiger partial charge in [0.15, 0.2) is 0 Å². The first-order valence-electron chi connectivity index (χ1n) is 4.98. The molecule has 1 aliphatic rings. The lowest BCUT2D eigenvalue weighted by Crippen LogP contribution is -1.81. The highest BCUT2D eigenvalue weighted by atomic mass is 14.0. The van der Waals surface area contributed by atoms with Gasteiger partial charge in [-0.05, 0) is 36.3 Å². The largest absolute Gasteiger partial charge is 0.0702 e. The molecule has 0 saturated heterocycles. The van der Waals surface area contributed by atoms with Crippen LogP contribution in [0.2, 0.25) is 0 Å². The van der Waals surface area contributed by atoms with Crippen LogP contribution in [0.1, 0.15) is 11.1 Å². The van der Waals surface area contributed by atoms with E-state index in [1.54, 1.807) is 0 Å². The first-order valence-corrected chi connectivity index (χ1v) is 4.98. The Morgan fingerprint density at radius 3 is 2.47 bits per heavy atom. The molecule has 0 atom stereocenters. The van der Waals surface area contributed by atoms with E-state index in [4.69, 9.17) is 0 Å². The van der Waals surface area contributed by atoms with Crippen LogP contribution in [0.4, 0.5) is 0 Å². The molecule has 1 aliphatic carbocycles. The molecular weight excluding hydrogens is 180 g/mol. The standard InChI is InChI=1S/C15H12/c1-13-9-11-15(12-10-13)14-7-5-3-2-4-6-8-14/h3,5-12H,1H3. The van der Waals surface area contributed by atoms with Crippen LogP contribution >= 0.6 is 0 Å². The number of hydrogen-bond acceptors (Lipinski definition) is 0. The van der Waals surface area contributed by atoms with Gasteiger partial charge in [-0.2, -0.15) is 0 Å². The highest BCUT2D eigenvalue weighted by Gasteiger charge is 1.96. The molecule has 0 amide bonds. The van der Waals surface area contributed by atoms with Crippen molar-refractivity contribution in [2.45, 2.75) is 6.92 Å². The molecule has 0 heteroatoms. The van der Waals surface area contributed by atoms with Gasteiger partial charge in [-0.25, -0.2) is 0 Å². The molecule has 0 unspecified atom stereocenters. The van der Waals surface area contributed by atoms with Gasteiger partial charge >= 0.3 is 0 Å². The summed E-state index contributed by atoms with van der Waals surface area (Å²) in [7, 11) is 0. The van der Waals surface area contributed by atoms with Gasteiger partial charge in [0.1, 0.15) is 0 Å². The summed E-state index contributed by atoms with van der Waals surface area (Å²) in [6.45, 7) is 2.09. The second kappa shape index (κ2) is 4.48. The summed E-state index contributed by atoms with van der Waals surface area (Å²) >= 11 is 0. The van der Waals surface area contributed by atoms with Crippen molar-refractivity contribution in [1.82, 2.24) is 0 Å².